The maximum atomic E-state index is 10.9. The van der Waals surface area contributed by atoms with Gasteiger partial charge in [-0.05, 0) is 18.6 Å². The zero-order chi connectivity index (χ0) is 15.1. The minimum absolute atomic E-state index is 0.151. The van der Waals surface area contributed by atoms with E-state index in [0.29, 0.717) is 13.0 Å². The number of nitro benzene ring substituents is 1. The molecule has 0 heterocycles. The second kappa shape index (κ2) is 7.41. The van der Waals surface area contributed by atoms with Crippen LogP contribution < -0.4 is 5.32 Å². The van der Waals surface area contributed by atoms with E-state index in [2.05, 4.69) is 5.32 Å². The van der Waals surface area contributed by atoms with E-state index in [-0.39, 0.29) is 23.5 Å². The molecule has 8 heteroatoms. The van der Waals surface area contributed by atoms with Gasteiger partial charge in [0.25, 0.3) is 5.69 Å². The van der Waals surface area contributed by atoms with Crippen molar-refractivity contribution >= 4 is 17.3 Å². The van der Waals surface area contributed by atoms with E-state index in [1.54, 1.807) is 0 Å². The van der Waals surface area contributed by atoms with Crippen LogP contribution in [0.4, 0.5) is 11.4 Å². The minimum Gasteiger partial charge on any atom is -0.478 e. The fourth-order valence-corrected chi connectivity index (χ4v) is 1.61. The summed E-state index contributed by atoms with van der Waals surface area (Å²) >= 11 is 0. The molecule has 8 nitrogen and oxygen atoms in total. The first-order valence-electron chi connectivity index (χ1n) is 5.88. The number of nitrogens with zero attached hydrogens (tertiary/aromatic N) is 1. The zero-order valence-electron chi connectivity index (χ0n) is 10.9. The molecule has 1 unspecified atom stereocenters. The van der Waals surface area contributed by atoms with Crippen LogP contribution >= 0.6 is 0 Å². The van der Waals surface area contributed by atoms with E-state index < -0.39 is 17.0 Å². The van der Waals surface area contributed by atoms with Crippen LogP contribution in [-0.2, 0) is 4.74 Å². The molecule has 0 amide bonds. The topological polar surface area (TPSA) is 122 Å². The molecular formula is C12H16N2O6. The number of ether oxygens (including phenoxy) is 1. The number of carboxylic acid groups (broad SMARTS) is 1. The number of aromatic carboxylic acids is 1. The molecule has 110 valence electrons. The highest BCUT2D eigenvalue weighted by Gasteiger charge is 2.17. The summed E-state index contributed by atoms with van der Waals surface area (Å²) in [6.45, 7) is 0.486. The predicted molar refractivity (Wildman–Crippen MR) is 71.0 cm³/mol. The molecule has 1 rings (SSSR count). The Labute approximate surface area is 115 Å². The van der Waals surface area contributed by atoms with Crippen molar-refractivity contribution in [3.05, 3.63) is 33.9 Å². The number of anilines is 1. The number of hydrogen-bond donors (Lipinski definition) is 3. The number of carbonyl (C=O) groups is 1. The Balaban J connectivity index is 2.74. The Bertz CT molecular complexity index is 491. The Morgan fingerprint density at radius 2 is 2.25 bits per heavy atom. The standard InChI is InChI=1S/C12H16N2O6/c1-20-7-9(15)4-5-13-10-3-2-8(12(16)17)6-11(10)14(18)19/h2-3,6,9,13,15H,4-5,7H2,1H3,(H,16,17). The smallest absolute Gasteiger partial charge is 0.335 e. The largest absolute Gasteiger partial charge is 0.478 e. The van der Waals surface area contributed by atoms with Gasteiger partial charge in [0.05, 0.1) is 23.2 Å². The van der Waals surface area contributed by atoms with Crippen molar-refractivity contribution in [1.82, 2.24) is 0 Å². The molecule has 0 saturated carbocycles. The quantitative estimate of drug-likeness (QED) is 0.482. The molecule has 20 heavy (non-hydrogen) atoms. The van der Waals surface area contributed by atoms with Crippen molar-refractivity contribution in [2.45, 2.75) is 12.5 Å². The van der Waals surface area contributed by atoms with Gasteiger partial charge in [0.1, 0.15) is 5.69 Å². The van der Waals surface area contributed by atoms with Crippen LogP contribution in [0, 0.1) is 10.1 Å². The molecule has 0 bridgehead atoms. The van der Waals surface area contributed by atoms with E-state index >= 15 is 0 Å². The summed E-state index contributed by atoms with van der Waals surface area (Å²) in [5, 5.41) is 31.9. The lowest BCUT2D eigenvalue weighted by Crippen LogP contribution is -2.18. The Morgan fingerprint density at radius 3 is 2.80 bits per heavy atom. The van der Waals surface area contributed by atoms with Gasteiger partial charge in [-0.15, -0.1) is 0 Å². The summed E-state index contributed by atoms with van der Waals surface area (Å²) in [6.07, 6.45) is -0.309. The molecule has 0 fully saturated rings. The number of hydrogen-bond acceptors (Lipinski definition) is 6. The molecule has 0 saturated heterocycles. The van der Waals surface area contributed by atoms with Crippen molar-refractivity contribution in [1.29, 1.82) is 0 Å². The van der Waals surface area contributed by atoms with Crippen LogP contribution in [0.3, 0.4) is 0 Å². The average Bonchev–Trinajstić information content (AvgIpc) is 2.38. The van der Waals surface area contributed by atoms with Crippen molar-refractivity contribution in [2.24, 2.45) is 0 Å². The number of nitro groups is 1. The van der Waals surface area contributed by atoms with E-state index in [4.69, 9.17) is 9.84 Å². The van der Waals surface area contributed by atoms with Crippen LogP contribution in [0.1, 0.15) is 16.8 Å². The van der Waals surface area contributed by atoms with E-state index in [0.717, 1.165) is 6.07 Å². The Hall–Kier alpha value is -2.19. The normalized spacial score (nSPS) is 11.9. The summed E-state index contributed by atoms with van der Waals surface area (Å²) in [5.74, 6) is -1.23. The fourth-order valence-electron chi connectivity index (χ4n) is 1.61. The molecule has 0 aliphatic rings. The minimum atomic E-state index is -1.23. The summed E-state index contributed by atoms with van der Waals surface area (Å²) in [6, 6.07) is 3.61. The molecule has 1 aromatic rings. The van der Waals surface area contributed by atoms with Crippen molar-refractivity contribution in [2.75, 3.05) is 25.6 Å². The van der Waals surface area contributed by atoms with E-state index in [9.17, 15) is 20.0 Å². The summed E-state index contributed by atoms with van der Waals surface area (Å²) < 4.78 is 4.76. The van der Waals surface area contributed by atoms with Crippen molar-refractivity contribution < 1.29 is 24.7 Å². The Morgan fingerprint density at radius 1 is 1.55 bits per heavy atom. The number of carboxylic acids is 1. The fraction of sp³-hybridized carbons (Fsp3) is 0.417. The number of aliphatic hydroxyl groups is 1. The molecular weight excluding hydrogens is 268 g/mol. The number of nitrogens with one attached hydrogen (secondary N) is 1. The summed E-state index contributed by atoms with van der Waals surface area (Å²) in [7, 11) is 1.46. The molecule has 0 aliphatic heterocycles. The van der Waals surface area contributed by atoms with Gasteiger partial charge in [0.2, 0.25) is 0 Å². The van der Waals surface area contributed by atoms with Crippen molar-refractivity contribution in [3.8, 4) is 0 Å². The number of methoxy groups -OCH3 is 1. The van der Waals surface area contributed by atoms with Crippen LogP contribution in [0.25, 0.3) is 0 Å². The second-order valence-corrected chi connectivity index (χ2v) is 4.12. The van der Waals surface area contributed by atoms with Crippen LogP contribution in [-0.4, -0.2) is 47.5 Å². The summed E-state index contributed by atoms with van der Waals surface area (Å²) in [5.41, 5.74) is -0.252. The predicted octanol–water partition coefficient (Wildman–Crippen LogP) is 1.10. The lowest BCUT2D eigenvalue weighted by molar-refractivity contribution is -0.384. The number of benzene rings is 1. The number of rotatable bonds is 8. The third kappa shape index (κ3) is 4.48. The highest BCUT2D eigenvalue weighted by molar-refractivity contribution is 5.89. The molecule has 3 N–H and O–H groups in total. The van der Waals surface area contributed by atoms with Crippen LogP contribution in [0.5, 0.6) is 0 Å². The first-order chi connectivity index (χ1) is 9.45. The van der Waals surface area contributed by atoms with E-state index in [1.807, 2.05) is 0 Å². The van der Waals surface area contributed by atoms with Gasteiger partial charge in [-0.25, -0.2) is 4.79 Å². The monoisotopic (exact) mass is 284 g/mol. The van der Waals surface area contributed by atoms with Gasteiger partial charge in [-0.1, -0.05) is 0 Å². The molecule has 1 atom stereocenters. The number of aliphatic hydroxyl groups excluding tert-OH is 1. The lowest BCUT2D eigenvalue weighted by Gasteiger charge is -2.11. The summed E-state index contributed by atoms with van der Waals surface area (Å²) in [4.78, 5) is 21.0. The first kappa shape index (κ1) is 15.9. The highest BCUT2D eigenvalue weighted by Crippen LogP contribution is 2.25. The third-order valence-corrected chi connectivity index (χ3v) is 2.59. The molecule has 0 aromatic heterocycles. The second-order valence-electron chi connectivity index (χ2n) is 4.12. The Kier molecular flexibility index (Phi) is 5.88. The van der Waals surface area contributed by atoms with Crippen molar-refractivity contribution in [3.63, 3.8) is 0 Å². The third-order valence-electron chi connectivity index (χ3n) is 2.59. The maximum absolute atomic E-state index is 10.9. The lowest BCUT2D eigenvalue weighted by atomic mass is 10.1. The zero-order valence-corrected chi connectivity index (χ0v) is 10.9. The maximum Gasteiger partial charge on any atom is 0.335 e. The molecule has 0 radical (unpaired) electrons. The van der Waals surface area contributed by atoms with Gasteiger partial charge < -0.3 is 20.3 Å². The van der Waals surface area contributed by atoms with Gasteiger partial charge >= 0.3 is 5.97 Å². The average molecular weight is 284 g/mol. The molecule has 0 aliphatic carbocycles. The molecule has 1 aromatic carbocycles. The first-order valence-corrected chi connectivity index (χ1v) is 5.88. The van der Waals surface area contributed by atoms with Gasteiger partial charge in [-0.3, -0.25) is 10.1 Å². The molecule has 0 spiro atoms. The van der Waals surface area contributed by atoms with Gasteiger partial charge in [0.15, 0.2) is 0 Å². The SMILES string of the molecule is COCC(O)CCNc1ccc(C(=O)O)cc1[N+](=O)[O-]. The van der Waals surface area contributed by atoms with Crippen LogP contribution in [0.15, 0.2) is 18.2 Å². The van der Waals surface area contributed by atoms with Gasteiger partial charge in [-0.2, -0.15) is 0 Å². The van der Waals surface area contributed by atoms with Gasteiger partial charge in [0, 0.05) is 19.7 Å². The highest BCUT2D eigenvalue weighted by atomic mass is 16.6. The van der Waals surface area contributed by atoms with E-state index in [1.165, 1.54) is 19.2 Å². The van der Waals surface area contributed by atoms with Crippen LogP contribution in [0.2, 0.25) is 0 Å².